The second kappa shape index (κ2) is 4.83. The molecule has 3 nitrogen and oxygen atoms in total. The van der Waals surface area contributed by atoms with E-state index in [0.717, 1.165) is 24.8 Å². The zero-order valence-corrected chi connectivity index (χ0v) is 14.0. The van der Waals surface area contributed by atoms with E-state index in [-0.39, 0.29) is 17.2 Å². The molecule has 4 rings (SSSR count). The minimum atomic E-state index is -0.0532. The van der Waals surface area contributed by atoms with Crippen molar-refractivity contribution in [3.63, 3.8) is 0 Å². The number of hydrogen-bond acceptors (Lipinski definition) is 2. The first-order valence-electron chi connectivity index (χ1n) is 9.17. The van der Waals surface area contributed by atoms with Crippen molar-refractivity contribution in [2.75, 3.05) is 6.54 Å². The van der Waals surface area contributed by atoms with Crippen molar-refractivity contribution in [3.05, 3.63) is 12.2 Å². The summed E-state index contributed by atoms with van der Waals surface area (Å²) in [5, 5.41) is 3.73. The standard InChI is InChI=1S/C19H30N2O/c1-18-10-8-14-12(13(18)5-6-15(18)17(20)22)4-7-16-19(14,2)9-3-11-21-16/h3,9,12-16,21H,4-8,10-11H2,1-2H3,(H2,20,22)/t12-,13-,14+,15?,16?,18-,19+/m0/s1. The molecule has 2 unspecified atom stereocenters. The monoisotopic (exact) mass is 302 g/mol. The Hall–Kier alpha value is -0.830. The summed E-state index contributed by atoms with van der Waals surface area (Å²) in [6.07, 6.45) is 12.1. The minimum Gasteiger partial charge on any atom is -0.369 e. The first-order chi connectivity index (χ1) is 10.5. The quantitative estimate of drug-likeness (QED) is 0.732. The largest absolute Gasteiger partial charge is 0.369 e. The van der Waals surface area contributed by atoms with E-state index in [0.29, 0.717) is 17.4 Å². The second-order valence-corrected chi connectivity index (χ2v) is 8.76. The highest BCUT2D eigenvalue weighted by molar-refractivity contribution is 5.78. The summed E-state index contributed by atoms with van der Waals surface area (Å²) in [5.41, 5.74) is 6.21. The molecule has 3 heteroatoms. The highest BCUT2D eigenvalue weighted by Crippen LogP contribution is 2.64. The van der Waals surface area contributed by atoms with Crippen LogP contribution in [-0.4, -0.2) is 18.5 Å². The van der Waals surface area contributed by atoms with E-state index in [1.54, 1.807) is 0 Å². The van der Waals surface area contributed by atoms with Crippen molar-refractivity contribution in [2.24, 2.45) is 40.2 Å². The van der Waals surface area contributed by atoms with Crippen molar-refractivity contribution in [1.82, 2.24) is 5.32 Å². The second-order valence-electron chi connectivity index (χ2n) is 8.76. The van der Waals surface area contributed by atoms with Crippen molar-refractivity contribution in [2.45, 2.75) is 58.4 Å². The molecule has 7 atom stereocenters. The van der Waals surface area contributed by atoms with E-state index < -0.39 is 0 Å². The summed E-state index contributed by atoms with van der Waals surface area (Å²) < 4.78 is 0. The van der Waals surface area contributed by atoms with Crippen LogP contribution in [-0.2, 0) is 4.79 Å². The Morgan fingerprint density at radius 1 is 1.14 bits per heavy atom. The fraction of sp³-hybridized carbons (Fsp3) is 0.842. The van der Waals surface area contributed by atoms with Gasteiger partial charge in [-0.05, 0) is 61.7 Å². The minimum absolute atomic E-state index is 0.0532. The van der Waals surface area contributed by atoms with Gasteiger partial charge in [-0.25, -0.2) is 0 Å². The van der Waals surface area contributed by atoms with Gasteiger partial charge in [0, 0.05) is 23.9 Å². The molecule has 3 fully saturated rings. The van der Waals surface area contributed by atoms with Gasteiger partial charge in [0.15, 0.2) is 0 Å². The van der Waals surface area contributed by atoms with Crippen LogP contribution in [0.5, 0.6) is 0 Å². The predicted molar refractivity (Wildman–Crippen MR) is 88.0 cm³/mol. The Morgan fingerprint density at radius 3 is 2.73 bits per heavy atom. The van der Waals surface area contributed by atoms with Gasteiger partial charge in [0.05, 0.1) is 0 Å². The maximum atomic E-state index is 11.9. The van der Waals surface area contributed by atoms with Gasteiger partial charge in [-0.15, -0.1) is 0 Å². The molecular formula is C19H30N2O. The average molecular weight is 302 g/mol. The summed E-state index contributed by atoms with van der Waals surface area (Å²) in [7, 11) is 0. The highest BCUT2D eigenvalue weighted by Gasteiger charge is 2.60. The zero-order valence-electron chi connectivity index (χ0n) is 14.0. The van der Waals surface area contributed by atoms with Crippen LogP contribution < -0.4 is 11.1 Å². The van der Waals surface area contributed by atoms with E-state index in [2.05, 4.69) is 31.3 Å². The van der Waals surface area contributed by atoms with E-state index in [1.807, 2.05) is 0 Å². The first-order valence-corrected chi connectivity index (χ1v) is 9.17. The van der Waals surface area contributed by atoms with E-state index in [1.165, 1.54) is 32.1 Å². The Bertz CT molecular complexity index is 516. The molecule has 1 aliphatic heterocycles. The van der Waals surface area contributed by atoms with Gasteiger partial charge in [-0.1, -0.05) is 26.0 Å². The normalized spacial score (nSPS) is 53.5. The average Bonchev–Trinajstić information content (AvgIpc) is 2.84. The van der Waals surface area contributed by atoms with Crippen LogP contribution in [0.3, 0.4) is 0 Å². The Morgan fingerprint density at radius 2 is 1.95 bits per heavy atom. The molecule has 0 saturated heterocycles. The number of nitrogens with two attached hydrogens (primary N) is 1. The van der Waals surface area contributed by atoms with Gasteiger partial charge in [0.25, 0.3) is 0 Å². The van der Waals surface area contributed by atoms with E-state index >= 15 is 0 Å². The van der Waals surface area contributed by atoms with Crippen molar-refractivity contribution < 1.29 is 4.79 Å². The fourth-order valence-electron chi connectivity index (χ4n) is 6.94. The van der Waals surface area contributed by atoms with Gasteiger partial charge in [-0.3, -0.25) is 4.79 Å². The summed E-state index contributed by atoms with van der Waals surface area (Å²) in [4.78, 5) is 11.9. The topological polar surface area (TPSA) is 55.1 Å². The van der Waals surface area contributed by atoms with Gasteiger partial charge >= 0.3 is 0 Å². The van der Waals surface area contributed by atoms with Crippen molar-refractivity contribution in [1.29, 1.82) is 0 Å². The highest BCUT2D eigenvalue weighted by atomic mass is 16.1. The number of nitrogens with one attached hydrogen (secondary N) is 1. The Labute approximate surface area is 134 Å². The van der Waals surface area contributed by atoms with E-state index in [4.69, 9.17) is 5.73 Å². The maximum absolute atomic E-state index is 11.9. The molecule has 1 amide bonds. The van der Waals surface area contributed by atoms with Crippen LogP contribution in [0.25, 0.3) is 0 Å². The van der Waals surface area contributed by atoms with Crippen LogP contribution in [0.1, 0.15) is 52.4 Å². The van der Waals surface area contributed by atoms with Crippen molar-refractivity contribution in [3.8, 4) is 0 Å². The number of carbonyl (C=O) groups excluding carboxylic acids is 1. The Kier molecular flexibility index (Phi) is 3.24. The van der Waals surface area contributed by atoms with Gasteiger partial charge < -0.3 is 11.1 Å². The lowest BCUT2D eigenvalue weighted by Gasteiger charge is -2.59. The molecule has 0 aromatic heterocycles. The SMILES string of the molecule is C[C@]12C=CCNC1CC[C@@H]1[C@H]2CC[C@]2(C)C(C(N)=O)CC[C@@H]12. The summed E-state index contributed by atoms with van der Waals surface area (Å²) in [6.45, 7) is 5.86. The molecule has 0 bridgehead atoms. The molecule has 3 N–H and O–H groups in total. The number of amides is 1. The molecule has 4 aliphatic rings. The molecule has 0 radical (unpaired) electrons. The van der Waals surface area contributed by atoms with Crippen LogP contribution >= 0.6 is 0 Å². The third kappa shape index (κ3) is 1.81. The van der Waals surface area contributed by atoms with Crippen molar-refractivity contribution >= 4 is 5.91 Å². The summed E-state index contributed by atoms with van der Waals surface area (Å²) in [6, 6.07) is 0.649. The molecule has 0 aromatic rings. The summed E-state index contributed by atoms with van der Waals surface area (Å²) >= 11 is 0. The predicted octanol–water partition coefficient (Wildman–Crippen LogP) is 2.86. The Balaban J connectivity index is 1.66. The van der Waals surface area contributed by atoms with Crippen LogP contribution in [0.15, 0.2) is 12.2 Å². The number of fused-ring (bicyclic) bond motifs is 5. The number of primary amides is 1. The zero-order chi connectivity index (χ0) is 15.5. The van der Waals surface area contributed by atoms with Gasteiger partial charge in [-0.2, -0.15) is 0 Å². The van der Waals surface area contributed by atoms with Crippen LogP contribution in [0, 0.1) is 34.5 Å². The number of hydrogen-bond donors (Lipinski definition) is 2. The van der Waals surface area contributed by atoms with Gasteiger partial charge in [0.1, 0.15) is 0 Å². The van der Waals surface area contributed by atoms with Gasteiger partial charge in [0.2, 0.25) is 5.91 Å². The third-order valence-electron chi connectivity index (χ3n) is 8.08. The summed E-state index contributed by atoms with van der Waals surface area (Å²) in [5.74, 6) is 2.33. The number of rotatable bonds is 1. The van der Waals surface area contributed by atoms with Crippen LogP contribution in [0.4, 0.5) is 0 Å². The first kappa shape index (κ1) is 14.7. The molecule has 0 aromatic carbocycles. The smallest absolute Gasteiger partial charge is 0.221 e. The van der Waals surface area contributed by atoms with Crippen LogP contribution in [0.2, 0.25) is 0 Å². The lowest BCUT2D eigenvalue weighted by molar-refractivity contribution is -0.129. The lowest BCUT2D eigenvalue weighted by Crippen LogP contribution is -2.58. The third-order valence-corrected chi connectivity index (χ3v) is 8.08. The molecule has 122 valence electrons. The molecular weight excluding hydrogens is 272 g/mol. The molecule has 3 saturated carbocycles. The molecule has 1 heterocycles. The lowest BCUT2D eigenvalue weighted by atomic mass is 9.48. The maximum Gasteiger partial charge on any atom is 0.221 e. The fourth-order valence-corrected chi connectivity index (χ4v) is 6.94. The molecule has 0 spiro atoms. The number of carbonyl (C=O) groups is 1. The molecule has 3 aliphatic carbocycles. The molecule has 22 heavy (non-hydrogen) atoms. The van der Waals surface area contributed by atoms with E-state index in [9.17, 15) is 4.79 Å².